The molecule has 2 amide bonds. The Kier molecular flexibility index (Phi) is 5.50. The molecule has 0 fully saturated rings. The van der Waals surface area contributed by atoms with Gasteiger partial charge in [-0.3, -0.25) is 10.1 Å². The van der Waals surface area contributed by atoms with Gasteiger partial charge in [0.05, 0.1) is 6.61 Å². The Morgan fingerprint density at radius 1 is 1.50 bits per heavy atom. The molecule has 0 aliphatic heterocycles. The lowest BCUT2D eigenvalue weighted by atomic mass is 10.0. The molecule has 0 unspecified atom stereocenters. The van der Waals surface area contributed by atoms with Gasteiger partial charge in [0.2, 0.25) is 11.0 Å². The van der Waals surface area contributed by atoms with Crippen LogP contribution in [-0.2, 0) is 9.53 Å². The molecular weight excluding hydrogens is 256 g/mol. The monoisotopic (exact) mass is 272 g/mol. The van der Waals surface area contributed by atoms with Crippen LogP contribution in [0.3, 0.4) is 0 Å². The molecule has 0 saturated carbocycles. The van der Waals surface area contributed by atoms with Crippen LogP contribution in [0.15, 0.2) is 5.51 Å². The van der Waals surface area contributed by atoms with Gasteiger partial charge in [0.15, 0.2) is 0 Å². The zero-order valence-electron chi connectivity index (χ0n) is 10.5. The molecule has 1 rings (SSSR count). The van der Waals surface area contributed by atoms with Crippen molar-refractivity contribution in [3.63, 3.8) is 0 Å². The first-order valence-corrected chi connectivity index (χ1v) is 6.42. The van der Waals surface area contributed by atoms with Gasteiger partial charge in [-0.2, -0.15) is 0 Å². The number of carbonyl (C=O) groups excluding carboxylic acids is 2. The third kappa shape index (κ3) is 4.28. The Hall–Kier alpha value is -1.70. The van der Waals surface area contributed by atoms with Gasteiger partial charge in [-0.1, -0.05) is 25.2 Å². The molecule has 0 aliphatic carbocycles. The summed E-state index contributed by atoms with van der Waals surface area (Å²) < 4.78 is 4.75. The van der Waals surface area contributed by atoms with Gasteiger partial charge in [-0.05, 0) is 12.8 Å². The lowest BCUT2D eigenvalue weighted by molar-refractivity contribution is -0.119. The third-order valence-corrected chi connectivity index (χ3v) is 2.69. The van der Waals surface area contributed by atoms with Gasteiger partial charge >= 0.3 is 6.09 Å². The number of alkyl carbamates (subject to hydrolysis) is 1. The van der Waals surface area contributed by atoms with Crippen molar-refractivity contribution in [2.75, 3.05) is 11.9 Å². The molecule has 100 valence electrons. The van der Waals surface area contributed by atoms with Gasteiger partial charge in [-0.25, -0.2) is 4.79 Å². The van der Waals surface area contributed by atoms with Crippen LogP contribution in [0.4, 0.5) is 9.93 Å². The first-order chi connectivity index (χ1) is 8.54. The molecular formula is C10H16N4O3S. The van der Waals surface area contributed by atoms with Crippen molar-refractivity contribution < 1.29 is 14.3 Å². The highest BCUT2D eigenvalue weighted by Gasteiger charge is 2.25. The highest BCUT2D eigenvalue weighted by molar-refractivity contribution is 7.13. The molecule has 1 heterocycles. The van der Waals surface area contributed by atoms with Gasteiger partial charge in [0, 0.05) is 0 Å². The van der Waals surface area contributed by atoms with E-state index < -0.39 is 12.1 Å². The molecule has 1 atom stereocenters. The summed E-state index contributed by atoms with van der Waals surface area (Å²) in [5.41, 5.74) is 1.51. The van der Waals surface area contributed by atoms with Crippen molar-refractivity contribution in [2.24, 2.45) is 5.92 Å². The molecule has 0 radical (unpaired) electrons. The SMILES string of the molecule is CCOC(=O)N[C@@H](C(=O)Nc1nncs1)C(C)C. The summed E-state index contributed by atoms with van der Waals surface area (Å²) in [7, 11) is 0. The summed E-state index contributed by atoms with van der Waals surface area (Å²) in [4.78, 5) is 23.3. The highest BCUT2D eigenvalue weighted by Crippen LogP contribution is 2.11. The Morgan fingerprint density at radius 2 is 2.22 bits per heavy atom. The van der Waals surface area contributed by atoms with E-state index >= 15 is 0 Å². The van der Waals surface area contributed by atoms with Crippen LogP contribution in [0, 0.1) is 5.92 Å². The van der Waals surface area contributed by atoms with E-state index in [2.05, 4.69) is 20.8 Å². The maximum atomic E-state index is 11.9. The average Bonchev–Trinajstić information content (AvgIpc) is 2.78. The normalized spacial score (nSPS) is 12.0. The molecule has 0 bridgehead atoms. The van der Waals surface area contributed by atoms with Crippen LogP contribution >= 0.6 is 11.3 Å². The lowest BCUT2D eigenvalue weighted by Crippen LogP contribution is -2.47. The number of amides is 2. The molecule has 0 saturated heterocycles. The highest BCUT2D eigenvalue weighted by atomic mass is 32.1. The molecule has 2 N–H and O–H groups in total. The van der Waals surface area contributed by atoms with Crippen molar-refractivity contribution >= 4 is 28.5 Å². The minimum atomic E-state index is -0.673. The number of carbonyl (C=O) groups is 2. The second-order valence-electron chi connectivity index (χ2n) is 3.82. The van der Waals surface area contributed by atoms with Crippen molar-refractivity contribution in [3.8, 4) is 0 Å². The number of hydrogen-bond donors (Lipinski definition) is 2. The van der Waals surface area contributed by atoms with E-state index in [1.165, 1.54) is 16.8 Å². The Bertz CT molecular complexity index is 394. The maximum absolute atomic E-state index is 11.9. The number of hydrogen-bond acceptors (Lipinski definition) is 6. The van der Waals surface area contributed by atoms with Crippen LogP contribution in [0.5, 0.6) is 0 Å². The Labute approximate surface area is 109 Å². The summed E-state index contributed by atoms with van der Waals surface area (Å²) >= 11 is 1.21. The van der Waals surface area contributed by atoms with Gasteiger partial charge < -0.3 is 10.1 Å². The number of anilines is 1. The minimum absolute atomic E-state index is 0.0673. The number of aromatic nitrogens is 2. The summed E-state index contributed by atoms with van der Waals surface area (Å²) in [6.45, 7) is 5.62. The van der Waals surface area contributed by atoms with E-state index in [4.69, 9.17) is 4.74 Å². The first-order valence-electron chi connectivity index (χ1n) is 5.55. The van der Waals surface area contributed by atoms with E-state index in [9.17, 15) is 9.59 Å². The molecule has 0 aromatic carbocycles. The van der Waals surface area contributed by atoms with Gasteiger partial charge in [-0.15, -0.1) is 10.2 Å². The molecule has 1 aromatic heterocycles. The second-order valence-corrected chi connectivity index (χ2v) is 4.65. The Morgan fingerprint density at radius 3 is 2.72 bits per heavy atom. The zero-order valence-corrected chi connectivity index (χ0v) is 11.3. The number of ether oxygens (including phenoxy) is 1. The quantitative estimate of drug-likeness (QED) is 0.841. The molecule has 8 heteroatoms. The number of nitrogens with one attached hydrogen (secondary N) is 2. The lowest BCUT2D eigenvalue weighted by Gasteiger charge is -2.20. The zero-order chi connectivity index (χ0) is 13.5. The fourth-order valence-electron chi connectivity index (χ4n) is 1.25. The van der Waals surface area contributed by atoms with Crippen LogP contribution in [0.25, 0.3) is 0 Å². The smallest absolute Gasteiger partial charge is 0.407 e. The molecule has 18 heavy (non-hydrogen) atoms. The van der Waals surface area contributed by atoms with Crippen LogP contribution in [0.1, 0.15) is 20.8 Å². The largest absolute Gasteiger partial charge is 0.450 e. The van der Waals surface area contributed by atoms with Crippen LogP contribution in [-0.4, -0.2) is 34.8 Å². The minimum Gasteiger partial charge on any atom is -0.450 e. The average molecular weight is 272 g/mol. The third-order valence-electron chi connectivity index (χ3n) is 2.09. The van der Waals surface area contributed by atoms with Gasteiger partial charge in [0.1, 0.15) is 11.6 Å². The predicted molar refractivity (Wildman–Crippen MR) is 67.3 cm³/mol. The van der Waals surface area contributed by atoms with E-state index in [1.807, 2.05) is 13.8 Å². The van der Waals surface area contributed by atoms with Crippen molar-refractivity contribution in [2.45, 2.75) is 26.8 Å². The molecule has 0 aliphatic rings. The van der Waals surface area contributed by atoms with Crippen molar-refractivity contribution in [3.05, 3.63) is 5.51 Å². The van der Waals surface area contributed by atoms with Gasteiger partial charge in [0.25, 0.3) is 0 Å². The van der Waals surface area contributed by atoms with E-state index in [0.29, 0.717) is 5.13 Å². The topological polar surface area (TPSA) is 93.2 Å². The van der Waals surface area contributed by atoms with E-state index in [0.717, 1.165) is 0 Å². The maximum Gasteiger partial charge on any atom is 0.407 e. The predicted octanol–water partition coefficient (Wildman–Crippen LogP) is 1.25. The van der Waals surface area contributed by atoms with Crippen LogP contribution in [0.2, 0.25) is 0 Å². The molecule has 1 aromatic rings. The summed E-state index contributed by atoms with van der Waals surface area (Å²) in [5.74, 6) is -0.405. The summed E-state index contributed by atoms with van der Waals surface area (Å²) in [5, 5.41) is 12.8. The van der Waals surface area contributed by atoms with Crippen molar-refractivity contribution in [1.29, 1.82) is 0 Å². The van der Waals surface area contributed by atoms with Crippen LogP contribution < -0.4 is 10.6 Å². The summed E-state index contributed by atoms with van der Waals surface area (Å²) in [6.07, 6.45) is -0.608. The standard InChI is InChI=1S/C10H16N4O3S/c1-4-17-10(16)12-7(6(2)3)8(15)13-9-14-11-5-18-9/h5-7H,4H2,1-3H3,(H,12,16)(H,13,14,15)/t7-/m1/s1. The summed E-state index contributed by atoms with van der Waals surface area (Å²) in [6, 6.07) is -0.673. The first kappa shape index (κ1) is 14.4. The fraction of sp³-hybridized carbons (Fsp3) is 0.600. The number of nitrogens with zero attached hydrogens (tertiary/aromatic N) is 2. The second kappa shape index (κ2) is 6.90. The fourth-order valence-corrected chi connectivity index (χ4v) is 1.69. The van der Waals surface area contributed by atoms with E-state index in [1.54, 1.807) is 6.92 Å². The van der Waals surface area contributed by atoms with E-state index in [-0.39, 0.29) is 18.4 Å². The number of rotatable bonds is 5. The van der Waals surface area contributed by atoms with Crippen molar-refractivity contribution in [1.82, 2.24) is 15.5 Å². The molecule has 7 nitrogen and oxygen atoms in total. The Balaban J connectivity index is 2.61. The molecule has 0 spiro atoms.